The molecule has 0 aliphatic rings. The zero-order valence-electron chi connectivity index (χ0n) is 15.4. The minimum Gasteiger partial charge on any atom is -0.356 e. The van der Waals surface area contributed by atoms with Crippen LogP contribution in [0.3, 0.4) is 0 Å². The summed E-state index contributed by atoms with van der Waals surface area (Å²) in [4.78, 5) is 0. The Bertz CT molecular complexity index is 1240. The van der Waals surface area contributed by atoms with Crippen molar-refractivity contribution in [2.45, 2.75) is 0 Å². The Kier molecular flexibility index (Phi) is 4.15. The number of nitrogens with one attached hydrogen (secondary N) is 2. The maximum Gasteiger partial charge on any atom is 0.0470 e. The highest BCUT2D eigenvalue weighted by molar-refractivity contribution is 6.13. The molecule has 5 aromatic carbocycles. The summed E-state index contributed by atoms with van der Waals surface area (Å²) in [5.41, 5.74) is 4.35. The molecular weight excluding hydrogens is 340 g/mol. The van der Waals surface area contributed by atoms with Gasteiger partial charge in [0.05, 0.1) is 0 Å². The van der Waals surface area contributed by atoms with Crippen LogP contribution in [0, 0.1) is 0 Å². The van der Waals surface area contributed by atoms with E-state index in [0.29, 0.717) is 0 Å². The second kappa shape index (κ2) is 7.09. The second-order valence-corrected chi connectivity index (χ2v) is 6.88. The summed E-state index contributed by atoms with van der Waals surface area (Å²) in [7, 11) is 0. The minimum atomic E-state index is 1.07. The van der Waals surface area contributed by atoms with Gasteiger partial charge in [0, 0.05) is 28.1 Å². The number of benzene rings is 5. The first kappa shape index (κ1) is 16.4. The predicted molar refractivity (Wildman–Crippen MR) is 121 cm³/mol. The Morgan fingerprint density at radius 2 is 0.929 bits per heavy atom. The van der Waals surface area contributed by atoms with Crippen LogP contribution in [0.1, 0.15) is 0 Å². The number of hydrogen-bond donors (Lipinski definition) is 2. The third-order valence-corrected chi connectivity index (χ3v) is 4.99. The lowest BCUT2D eigenvalue weighted by atomic mass is 10.00. The largest absolute Gasteiger partial charge is 0.356 e. The molecule has 2 heteroatoms. The van der Waals surface area contributed by atoms with Gasteiger partial charge in [0.2, 0.25) is 0 Å². The number of rotatable bonds is 4. The van der Waals surface area contributed by atoms with Crippen molar-refractivity contribution < 1.29 is 0 Å². The van der Waals surface area contributed by atoms with Gasteiger partial charge >= 0.3 is 0 Å². The van der Waals surface area contributed by atoms with Gasteiger partial charge in [0.1, 0.15) is 0 Å². The van der Waals surface area contributed by atoms with Crippen molar-refractivity contribution in [2.75, 3.05) is 10.6 Å². The van der Waals surface area contributed by atoms with E-state index >= 15 is 0 Å². The Balaban J connectivity index is 1.48. The molecule has 5 aromatic rings. The minimum absolute atomic E-state index is 1.07. The first-order valence-corrected chi connectivity index (χ1v) is 9.46. The number of para-hydroxylation sites is 1. The van der Waals surface area contributed by atoms with Crippen LogP contribution in [0.2, 0.25) is 0 Å². The standard InChI is InChI=1S/C26H20N2/c1-2-9-20(10-3-1)27-21-14-16-22(17-15-21)28-26-18-19-8-4-5-11-23(19)24-12-6-7-13-25(24)26/h1-18,27-28H. The van der Waals surface area contributed by atoms with Gasteiger partial charge in [0.15, 0.2) is 0 Å². The summed E-state index contributed by atoms with van der Waals surface area (Å²) in [6.45, 7) is 0. The van der Waals surface area contributed by atoms with E-state index in [9.17, 15) is 0 Å². The molecule has 0 amide bonds. The van der Waals surface area contributed by atoms with Crippen molar-refractivity contribution in [3.63, 3.8) is 0 Å². The van der Waals surface area contributed by atoms with Crippen LogP contribution in [0.4, 0.5) is 22.7 Å². The van der Waals surface area contributed by atoms with Gasteiger partial charge in [-0.2, -0.15) is 0 Å². The van der Waals surface area contributed by atoms with Crippen LogP contribution in [0.15, 0.2) is 109 Å². The van der Waals surface area contributed by atoms with Gasteiger partial charge in [-0.3, -0.25) is 0 Å². The van der Waals surface area contributed by atoms with Gasteiger partial charge in [-0.1, -0.05) is 66.7 Å². The third kappa shape index (κ3) is 3.17. The highest BCUT2D eigenvalue weighted by atomic mass is 14.9. The van der Waals surface area contributed by atoms with E-state index in [2.05, 4.69) is 102 Å². The Morgan fingerprint density at radius 1 is 0.393 bits per heavy atom. The van der Waals surface area contributed by atoms with Crippen LogP contribution in [0.25, 0.3) is 21.5 Å². The van der Waals surface area contributed by atoms with Crippen LogP contribution >= 0.6 is 0 Å². The van der Waals surface area contributed by atoms with E-state index in [0.717, 1.165) is 22.7 Å². The molecule has 2 nitrogen and oxygen atoms in total. The Labute approximate surface area is 164 Å². The zero-order chi connectivity index (χ0) is 18.8. The van der Waals surface area contributed by atoms with Crippen molar-refractivity contribution in [1.82, 2.24) is 0 Å². The number of fused-ring (bicyclic) bond motifs is 3. The molecule has 2 N–H and O–H groups in total. The van der Waals surface area contributed by atoms with Crippen LogP contribution < -0.4 is 10.6 Å². The molecular formula is C26H20N2. The molecule has 134 valence electrons. The van der Waals surface area contributed by atoms with E-state index in [1.807, 2.05) is 18.2 Å². The van der Waals surface area contributed by atoms with Gasteiger partial charge in [-0.25, -0.2) is 0 Å². The SMILES string of the molecule is c1ccc(Nc2ccc(Nc3cc4ccccc4c4ccccc34)cc2)cc1. The van der Waals surface area contributed by atoms with Crippen molar-refractivity contribution in [3.8, 4) is 0 Å². The molecule has 0 saturated heterocycles. The molecule has 0 fully saturated rings. The highest BCUT2D eigenvalue weighted by Gasteiger charge is 2.06. The van der Waals surface area contributed by atoms with E-state index in [-0.39, 0.29) is 0 Å². The smallest absolute Gasteiger partial charge is 0.0470 e. The lowest BCUT2D eigenvalue weighted by molar-refractivity contribution is 1.53. The summed E-state index contributed by atoms with van der Waals surface area (Å²) in [5, 5.41) is 12.0. The molecule has 0 aliphatic heterocycles. The van der Waals surface area contributed by atoms with Crippen molar-refractivity contribution in [1.29, 1.82) is 0 Å². The van der Waals surface area contributed by atoms with Crippen molar-refractivity contribution in [3.05, 3.63) is 109 Å². The molecule has 5 rings (SSSR count). The molecule has 0 heterocycles. The van der Waals surface area contributed by atoms with Crippen LogP contribution in [-0.2, 0) is 0 Å². The summed E-state index contributed by atoms with van der Waals surface area (Å²) >= 11 is 0. The third-order valence-electron chi connectivity index (χ3n) is 4.99. The summed E-state index contributed by atoms with van der Waals surface area (Å²) in [5.74, 6) is 0. The van der Waals surface area contributed by atoms with E-state index in [4.69, 9.17) is 0 Å². The zero-order valence-corrected chi connectivity index (χ0v) is 15.4. The monoisotopic (exact) mass is 360 g/mol. The second-order valence-electron chi connectivity index (χ2n) is 6.88. The highest BCUT2D eigenvalue weighted by Crippen LogP contribution is 2.33. The molecule has 0 aromatic heterocycles. The van der Waals surface area contributed by atoms with E-state index < -0.39 is 0 Å². The molecule has 0 bridgehead atoms. The van der Waals surface area contributed by atoms with Crippen molar-refractivity contribution in [2.24, 2.45) is 0 Å². The van der Waals surface area contributed by atoms with Gasteiger partial charge in [-0.05, 0) is 58.6 Å². The topological polar surface area (TPSA) is 24.1 Å². The maximum absolute atomic E-state index is 3.60. The molecule has 0 saturated carbocycles. The van der Waals surface area contributed by atoms with Gasteiger partial charge in [-0.15, -0.1) is 0 Å². The molecule has 28 heavy (non-hydrogen) atoms. The fraction of sp³-hybridized carbons (Fsp3) is 0. The average molecular weight is 360 g/mol. The van der Waals surface area contributed by atoms with Crippen LogP contribution in [0.5, 0.6) is 0 Å². The summed E-state index contributed by atoms with van der Waals surface area (Å²) in [6.07, 6.45) is 0. The Hall–Kier alpha value is -3.78. The first-order chi connectivity index (χ1) is 13.9. The molecule has 0 unspecified atom stereocenters. The van der Waals surface area contributed by atoms with Crippen LogP contribution in [-0.4, -0.2) is 0 Å². The van der Waals surface area contributed by atoms with Crippen molar-refractivity contribution >= 4 is 44.3 Å². The van der Waals surface area contributed by atoms with Gasteiger partial charge < -0.3 is 10.6 Å². The maximum atomic E-state index is 3.60. The van der Waals surface area contributed by atoms with Gasteiger partial charge in [0.25, 0.3) is 0 Å². The molecule has 0 radical (unpaired) electrons. The van der Waals surface area contributed by atoms with E-state index in [1.54, 1.807) is 0 Å². The Morgan fingerprint density at radius 3 is 1.68 bits per heavy atom. The first-order valence-electron chi connectivity index (χ1n) is 9.46. The fourth-order valence-electron chi connectivity index (χ4n) is 3.64. The number of anilines is 4. The molecule has 0 atom stereocenters. The molecule has 0 aliphatic carbocycles. The number of hydrogen-bond acceptors (Lipinski definition) is 2. The molecule has 0 spiro atoms. The lowest BCUT2D eigenvalue weighted by Gasteiger charge is -2.13. The summed E-state index contributed by atoms with van der Waals surface area (Å²) in [6, 6.07) is 37.9. The summed E-state index contributed by atoms with van der Waals surface area (Å²) < 4.78 is 0. The fourth-order valence-corrected chi connectivity index (χ4v) is 3.64. The van der Waals surface area contributed by atoms with E-state index in [1.165, 1.54) is 21.5 Å². The quantitative estimate of drug-likeness (QED) is 0.325. The predicted octanol–water partition coefficient (Wildman–Crippen LogP) is 7.48. The lowest BCUT2D eigenvalue weighted by Crippen LogP contribution is -1.94. The average Bonchev–Trinajstić information content (AvgIpc) is 2.76. The normalized spacial score (nSPS) is 10.9.